The minimum atomic E-state index is -4.47. The lowest BCUT2D eigenvalue weighted by Gasteiger charge is -2.23. The Morgan fingerprint density at radius 3 is 2.00 bits per heavy atom. The average Bonchev–Trinajstić information content (AvgIpc) is 2.58. The van der Waals surface area contributed by atoms with Crippen molar-refractivity contribution in [2.24, 2.45) is 5.92 Å². The van der Waals surface area contributed by atoms with Crippen molar-refractivity contribution in [3.05, 3.63) is 70.8 Å². The quantitative estimate of drug-likeness (QED) is 0.698. The summed E-state index contributed by atoms with van der Waals surface area (Å²) in [5.74, 6) is -0.0152. The zero-order chi connectivity index (χ0) is 19.5. The highest BCUT2D eigenvalue weighted by Gasteiger charge is 2.31. The van der Waals surface area contributed by atoms with Crippen molar-refractivity contribution >= 4 is 5.91 Å². The summed E-state index contributed by atoms with van der Waals surface area (Å²) in [6.07, 6.45) is -4.47. The molecule has 140 valence electrons. The van der Waals surface area contributed by atoms with Gasteiger partial charge in [0.25, 0.3) is 5.91 Å². The zero-order valence-electron chi connectivity index (χ0n) is 15.4. The molecule has 2 rings (SSSR count). The number of alkyl halides is 3. The number of carbonyl (C=O) groups is 1. The summed E-state index contributed by atoms with van der Waals surface area (Å²) in [6, 6.07) is 12.2. The summed E-state index contributed by atoms with van der Waals surface area (Å²) in [6.45, 7) is 8.13. The average molecular weight is 363 g/mol. The molecule has 1 atom stereocenters. The van der Waals surface area contributed by atoms with Crippen LogP contribution in [-0.2, 0) is 6.18 Å². The smallest absolute Gasteiger partial charge is 0.345 e. The molecule has 0 bridgehead atoms. The van der Waals surface area contributed by atoms with E-state index in [-0.39, 0.29) is 17.5 Å². The number of nitrogens with one attached hydrogen (secondary N) is 1. The number of benzene rings is 2. The van der Waals surface area contributed by atoms with Gasteiger partial charge < -0.3 is 5.32 Å². The van der Waals surface area contributed by atoms with Crippen molar-refractivity contribution in [1.82, 2.24) is 5.32 Å². The van der Waals surface area contributed by atoms with E-state index in [1.807, 2.05) is 38.1 Å². The topological polar surface area (TPSA) is 29.1 Å². The fourth-order valence-corrected chi connectivity index (χ4v) is 2.78. The molecule has 0 aliphatic rings. The molecule has 2 aromatic rings. The van der Waals surface area contributed by atoms with Crippen LogP contribution in [-0.4, -0.2) is 5.91 Å². The molecule has 0 aliphatic carbocycles. The lowest BCUT2D eigenvalue weighted by molar-refractivity contribution is -0.137. The number of hydrogen-bond acceptors (Lipinski definition) is 1. The normalized spacial score (nSPS) is 13.1. The second kappa shape index (κ2) is 7.94. The van der Waals surface area contributed by atoms with Crippen LogP contribution in [0.4, 0.5) is 13.2 Å². The number of halogens is 3. The van der Waals surface area contributed by atoms with Crippen molar-refractivity contribution in [2.75, 3.05) is 0 Å². The molecule has 2 aromatic carbocycles. The molecule has 1 amide bonds. The first-order valence-electron chi connectivity index (χ1n) is 8.67. The van der Waals surface area contributed by atoms with Gasteiger partial charge in [-0.2, -0.15) is 13.2 Å². The highest BCUT2D eigenvalue weighted by Crippen LogP contribution is 2.30. The Hall–Kier alpha value is -2.30. The highest BCUT2D eigenvalue weighted by molar-refractivity contribution is 5.94. The molecular formula is C21H24F3NO. The molecule has 1 N–H and O–H groups in total. The molecule has 26 heavy (non-hydrogen) atoms. The van der Waals surface area contributed by atoms with E-state index in [1.165, 1.54) is 17.7 Å². The van der Waals surface area contributed by atoms with Crippen molar-refractivity contribution in [3.8, 4) is 0 Å². The Balaban J connectivity index is 2.23. The van der Waals surface area contributed by atoms with E-state index in [4.69, 9.17) is 0 Å². The molecule has 0 spiro atoms. The van der Waals surface area contributed by atoms with Crippen molar-refractivity contribution in [1.29, 1.82) is 0 Å². The first kappa shape index (κ1) is 20.0. The van der Waals surface area contributed by atoms with Gasteiger partial charge in [0.2, 0.25) is 0 Å². The molecule has 0 aliphatic heterocycles. The predicted molar refractivity (Wildman–Crippen MR) is 97.0 cm³/mol. The molecular weight excluding hydrogens is 339 g/mol. The molecule has 0 aromatic heterocycles. The fourth-order valence-electron chi connectivity index (χ4n) is 2.78. The molecule has 0 heterocycles. The van der Waals surface area contributed by atoms with E-state index in [9.17, 15) is 18.0 Å². The number of rotatable bonds is 5. The Morgan fingerprint density at radius 1 is 0.923 bits per heavy atom. The van der Waals surface area contributed by atoms with Crippen LogP contribution in [0.3, 0.4) is 0 Å². The maximum Gasteiger partial charge on any atom is 0.416 e. The monoisotopic (exact) mass is 363 g/mol. The van der Waals surface area contributed by atoms with Crippen LogP contribution in [0.15, 0.2) is 48.5 Å². The minimum Gasteiger partial charge on any atom is -0.345 e. The van der Waals surface area contributed by atoms with Crippen LogP contribution in [0.25, 0.3) is 0 Å². The third-order valence-electron chi connectivity index (χ3n) is 4.37. The molecule has 0 saturated heterocycles. The van der Waals surface area contributed by atoms with Gasteiger partial charge in [0.05, 0.1) is 11.6 Å². The molecule has 5 heteroatoms. The van der Waals surface area contributed by atoms with Crippen molar-refractivity contribution in [3.63, 3.8) is 0 Å². The molecule has 2 nitrogen and oxygen atoms in total. The van der Waals surface area contributed by atoms with Gasteiger partial charge in [-0.3, -0.25) is 4.79 Å². The van der Waals surface area contributed by atoms with E-state index in [1.54, 1.807) is 0 Å². The Morgan fingerprint density at radius 2 is 1.50 bits per heavy atom. The maximum atomic E-state index is 12.9. The lowest BCUT2D eigenvalue weighted by atomic mass is 9.93. The summed E-state index contributed by atoms with van der Waals surface area (Å²) in [5.41, 5.74) is 1.31. The van der Waals surface area contributed by atoms with Crippen LogP contribution in [0.2, 0.25) is 0 Å². The minimum absolute atomic E-state index is 0.00396. The second-order valence-electron chi connectivity index (χ2n) is 7.10. The lowest BCUT2D eigenvalue weighted by Crippen LogP contribution is -2.32. The van der Waals surface area contributed by atoms with Gasteiger partial charge in [-0.25, -0.2) is 0 Å². The van der Waals surface area contributed by atoms with Crippen LogP contribution in [0.1, 0.15) is 66.7 Å². The summed E-state index contributed by atoms with van der Waals surface area (Å²) < 4.78 is 38.6. The largest absolute Gasteiger partial charge is 0.416 e. The summed E-state index contributed by atoms with van der Waals surface area (Å²) in [7, 11) is 0. The van der Waals surface area contributed by atoms with Gasteiger partial charge in [-0.05, 0) is 41.2 Å². The van der Waals surface area contributed by atoms with Gasteiger partial charge in [0, 0.05) is 5.56 Å². The third-order valence-corrected chi connectivity index (χ3v) is 4.37. The van der Waals surface area contributed by atoms with Gasteiger partial charge in [-0.1, -0.05) is 58.0 Å². The summed E-state index contributed by atoms with van der Waals surface area (Å²) >= 11 is 0. The Bertz CT molecular complexity index is 749. The number of amides is 1. The van der Waals surface area contributed by atoms with E-state index < -0.39 is 17.6 Å². The van der Waals surface area contributed by atoms with Crippen LogP contribution >= 0.6 is 0 Å². The number of carbonyl (C=O) groups excluding carboxylic acids is 1. The van der Waals surface area contributed by atoms with Gasteiger partial charge in [0.15, 0.2) is 0 Å². The van der Waals surface area contributed by atoms with E-state index in [0.29, 0.717) is 5.92 Å². The molecule has 0 radical (unpaired) electrons. The van der Waals surface area contributed by atoms with E-state index >= 15 is 0 Å². The van der Waals surface area contributed by atoms with Gasteiger partial charge >= 0.3 is 6.18 Å². The van der Waals surface area contributed by atoms with E-state index in [0.717, 1.165) is 17.7 Å². The van der Waals surface area contributed by atoms with Crippen LogP contribution < -0.4 is 5.32 Å². The third kappa shape index (κ3) is 4.87. The SMILES string of the molecule is CC(C)c1ccc([C@H](NC(=O)c2cccc(C(F)(F)F)c2)C(C)C)cc1. The van der Waals surface area contributed by atoms with Gasteiger partial charge in [-0.15, -0.1) is 0 Å². The van der Waals surface area contributed by atoms with Gasteiger partial charge in [0.1, 0.15) is 0 Å². The van der Waals surface area contributed by atoms with Crippen molar-refractivity contribution in [2.45, 2.75) is 45.8 Å². The number of hydrogen-bond donors (Lipinski definition) is 1. The highest BCUT2D eigenvalue weighted by atomic mass is 19.4. The molecule has 0 saturated carbocycles. The molecule has 0 fully saturated rings. The Labute approximate surface area is 152 Å². The van der Waals surface area contributed by atoms with Crippen LogP contribution in [0, 0.1) is 5.92 Å². The van der Waals surface area contributed by atoms with E-state index in [2.05, 4.69) is 19.2 Å². The standard InChI is InChI=1S/C21H24F3NO/c1-13(2)15-8-10-16(11-9-15)19(14(3)4)25-20(26)17-6-5-7-18(12-17)21(22,23)24/h5-14,19H,1-4H3,(H,25,26)/t19-/m1/s1. The molecule has 0 unspecified atom stereocenters. The Kier molecular flexibility index (Phi) is 6.11. The first-order chi connectivity index (χ1) is 12.1. The first-order valence-corrected chi connectivity index (χ1v) is 8.67. The fraction of sp³-hybridized carbons (Fsp3) is 0.381. The predicted octanol–water partition coefficient (Wildman–Crippen LogP) is 5.96. The van der Waals surface area contributed by atoms with Crippen LogP contribution in [0.5, 0.6) is 0 Å². The summed E-state index contributed by atoms with van der Waals surface area (Å²) in [5, 5.41) is 2.87. The second-order valence-corrected chi connectivity index (χ2v) is 7.10. The maximum absolute atomic E-state index is 12.9. The summed E-state index contributed by atoms with van der Waals surface area (Å²) in [4.78, 5) is 12.5. The zero-order valence-corrected chi connectivity index (χ0v) is 15.4. The van der Waals surface area contributed by atoms with Crippen molar-refractivity contribution < 1.29 is 18.0 Å².